The van der Waals surface area contributed by atoms with Crippen molar-refractivity contribution in [3.63, 3.8) is 0 Å². The molecule has 0 bridgehead atoms. The lowest BCUT2D eigenvalue weighted by Gasteiger charge is -2.33. The minimum absolute atomic E-state index is 0.0202. The summed E-state index contributed by atoms with van der Waals surface area (Å²) in [6.45, 7) is 2.37. The predicted octanol–water partition coefficient (Wildman–Crippen LogP) is 5.95. The Balaban J connectivity index is 1.58. The van der Waals surface area contributed by atoms with Gasteiger partial charge in [-0.1, -0.05) is 37.5 Å². The molecule has 2 aromatic carbocycles. The first-order chi connectivity index (χ1) is 19.9. The summed E-state index contributed by atoms with van der Waals surface area (Å²) in [7, 11) is 0. The average molecular weight is 561 g/mol. The van der Waals surface area contributed by atoms with Crippen molar-refractivity contribution in [2.24, 2.45) is 0 Å². The van der Waals surface area contributed by atoms with Gasteiger partial charge in [-0.2, -0.15) is 0 Å². The van der Waals surface area contributed by atoms with Crippen molar-refractivity contribution in [2.45, 2.75) is 70.4 Å². The van der Waals surface area contributed by atoms with Crippen LogP contribution in [0.4, 0.5) is 15.9 Å². The van der Waals surface area contributed by atoms with Crippen LogP contribution < -0.4 is 20.3 Å². The highest BCUT2D eigenvalue weighted by molar-refractivity contribution is 6.01. The molecular weight excluding hydrogens is 523 g/mol. The molecule has 1 aromatic heterocycles. The number of benzene rings is 2. The number of nitrogens with one attached hydrogen (secondary N) is 2. The number of nitrogens with zero attached hydrogens (tertiary/aromatic N) is 2. The van der Waals surface area contributed by atoms with Gasteiger partial charge in [0.25, 0.3) is 0 Å². The third-order valence-corrected chi connectivity index (χ3v) is 7.07. The Bertz CT molecular complexity index is 1280. The van der Waals surface area contributed by atoms with E-state index in [1.807, 2.05) is 6.92 Å². The monoisotopic (exact) mass is 560 g/mol. The van der Waals surface area contributed by atoms with Crippen LogP contribution in [0.5, 0.6) is 5.75 Å². The second-order valence-corrected chi connectivity index (χ2v) is 10.1. The molecule has 216 valence electrons. The summed E-state index contributed by atoms with van der Waals surface area (Å²) in [4.78, 5) is 45.8. The lowest BCUT2D eigenvalue weighted by Crippen LogP contribution is -2.47. The van der Waals surface area contributed by atoms with Gasteiger partial charge < -0.3 is 15.4 Å². The van der Waals surface area contributed by atoms with E-state index in [1.165, 1.54) is 29.2 Å². The molecule has 1 aliphatic rings. The number of rotatable bonds is 12. The number of carbonyl (C=O) groups is 3. The van der Waals surface area contributed by atoms with E-state index in [0.29, 0.717) is 29.4 Å². The molecule has 1 aliphatic carbocycles. The highest BCUT2D eigenvalue weighted by atomic mass is 19.1. The van der Waals surface area contributed by atoms with Gasteiger partial charge in [0.2, 0.25) is 17.7 Å². The molecule has 0 spiro atoms. The first-order valence-corrected chi connectivity index (χ1v) is 14.3. The van der Waals surface area contributed by atoms with E-state index in [4.69, 9.17) is 4.74 Å². The van der Waals surface area contributed by atoms with Crippen LogP contribution in [0.3, 0.4) is 0 Å². The molecular formula is C32H37FN4O4. The molecule has 1 fully saturated rings. The average Bonchev–Trinajstić information content (AvgIpc) is 2.98. The Labute approximate surface area is 240 Å². The van der Waals surface area contributed by atoms with Gasteiger partial charge in [0.15, 0.2) is 0 Å². The van der Waals surface area contributed by atoms with Crippen LogP contribution in [0, 0.1) is 5.82 Å². The maximum Gasteiger partial charge on any atom is 0.248 e. The van der Waals surface area contributed by atoms with Crippen molar-refractivity contribution >= 4 is 29.2 Å². The predicted molar refractivity (Wildman–Crippen MR) is 156 cm³/mol. The highest BCUT2D eigenvalue weighted by Gasteiger charge is 2.34. The first kappa shape index (κ1) is 29.7. The quantitative estimate of drug-likeness (QED) is 0.285. The lowest BCUT2D eigenvalue weighted by atomic mass is 9.94. The van der Waals surface area contributed by atoms with Crippen molar-refractivity contribution in [3.8, 4) is 5.75 Å². The van der Waals surface area contributed by atoms with Gasteiger partial charge in [-0.05, 0) is 80.3 Å². The number of aromatic nitrogens is 1. The van der Waals surface area contributed by atoms with Crippen molar-refractivity contribution in [3.05, 3.63) is 84.3 Å². The van der Waals surface area contributed by atoms with E-state index in [0.717, 1.165) is 32.1 Å². The van der Waals surface area contributed by atoms with Gasteiger partial charge in [0, 0.05) is 30.8 Å². The van der Waals surface area contributed by atoms with Gasteiger partial charge in [-0.15, -0.1) is 0 Å². The fourth-order valence-corrected chi connectivity index (χ4v) is 5.06. The smallest absolute Gasteiger partial charge is 0.248 e. The van der Waals surface area contributed by atoms with Crippen LogP contribution in [0.1, 0.15) is 69.9 Å². The fourth-order valence-electron chi connectivity index (χ4n) is 5.06. The summed E-state index contributed by atoms with van der Waals surface area (Å²) >= 11 is 0. The SMILES string of the molecule is CCOc1ccc(N(C(=O)CCCC(=O)Nc2ccccn2)C(C(=O)NC2CCCCC2)c2ccc(F)cc2)cc1. The number of hydrogen-bond acceptors (Lipinski definition) is 5. The number of halogens is 1. The van der Waals surface area contributed by atoms with Gasteiger partial charge >= 0.3 is 0 Å². The molecule has 8 nitrogen and oxygen atoms in total. The van der Waals surface area contributed by atoms with Crippen LogP contribution in [-0.4, -0.2) is 35.4 Å². The Morgan fingerprint density at radius 2 is 1.71 bits per heavy atom. The first-order valence-electron chi connectivity index (χ1n) is 14.3. The Kier molecular flexibility index (Phi) is 10.8. The van der Waals surface area contributed by atoms with E-state index in [2.05, 4.69) is 15.6 Å². The second kappa shape index (κ2) is 14.9. The summed E-state index contributed by atoms with van der Waals surface area (Å²) in [5, 5.41) is 5.87. The molecule has 1 unspecified atom stereocenters. The minimum atomic E-state index is -1.02. The van der Waals surface area contributed by atoms with E-state index in [-0.39, 0.29) is 43.0 Å². The standard InChI is InChI=1S/C32H37FN4O4/c1-2-41-27-20-18-26(19-21-27)37(30(39)13-8-12-29(38)36-28-11-6-7-22-34-28)31(23-14-16-24(33)17-15-23)32(40)35-25-9-4-3-5-10-25/h6-7,11,14-22,25,31H,2-5,8-10,12-13H2,1H3,(H,35,40)(H,34,36,38). The van der Waals surface area contributed by atoms with Gasteiger partial charge in [-0.25, -0.2) is 9.37 Å². The van der Waals surface area contributed by atoms with Crippen LogP contribution >= 0.6 is 0 Å². The second-order valence-electron chi connectivity index (χ2n) is 10.1. The van der Waals surface area contributed by atoms with Gasteiger partial charge in [-0.3, -0.25) is 19.3 Å². The Morgan fingerprint density at radius 1 is 0.976 bits per heavy atom. The number of pyridine rings is 1. The van der Waals surface area contributed by atoms with E-state index in [1.54, 1.807) is 48.7 Å². The van der Waals surface area contributed by atoms with Crippen molar-refractivity contribution in [2.75, 3.05) is 16.8 Å². The molecule has 1 heterocycles. The number of carbonyl (C=O) groups excluding carboxylic acids is 3. The third kappa shape index (κ3) is 8.61. The van der Waals surface area contributed by atoms with Crippen LogP contribution in [0.2, 0.25) is 0 Å². The molecule has 3 amide bonds. The van der Waals surface area contributed by atoms with Crippen molar-refractivity contribution in [1.29, 1.82) is 0 Å². The zero-order valence-electron chi connectivity index (χ0n) is 23.4. The fraction of sp³-hybridized carbons (Fsp3) is 0.375. The zero-order chi connectivity index (χ0) is 29.0. The number of amides is 3. The Hall–Kier alpha value is -4.27. The van der Waals surface area contributed by atoms with Gasteiger partial charge in [0.05, 0.1) is 6.61 Å². The summed E-state index contributed by atoms with van der Waals surface area (Å²) in [5.74, 6) is -0.255. The number of anilines is 2. The molecule has 4 rings (SSSR count). The molecule has 41 heavy (non-hydrogen) atoms. The zero-order valence-corrected chi connectivity index (χ0v) is 23.4. The largest absolute Gasteiger partial charge is 0.494 e. The van der Waals surface area contributed by atoms with Crippen molar-refractivity contribution < 1.29 is 23.5 Å². The molecule has 9 heteroatoms. The normalized spacial score (nSPS) is 14.1. The molecule has 1 atom stereocenters. The lowest BCUT2D eigenvalue weighted by molar-refractivity contribution is -0.127. The highest BCUT2D eigenvalue weighted by Crippen LogP contribution is 2.31. The van der Waals surface area contributed by atoms with E-state index < -0.39 is 11.9 Å². The molecule has 3 aromatic rings. The summed E-state index contributed by atoms with van der Waals surface area (Å²) < 4.78 is 19.5. The summed E-state index contributed by atoms with van der Waals surface area (Å²) in [6.07, 6.45) is 6.95. The van der Waals surface area contributed by atoms with Crippen molar-refractivity contribution in [1.82, 2.24) is 10.3 Å². The van der Waals surface area contributed by atoms with Crippen LogP contribution in [0.25, 0.3) is 0 Å². The maximum atomic E-state index is 13.9. The summed E-state index contributed by atoms with van der Waals surface area (Å²) in [5.41, 5.74) is 0.999. The molecule has 0 saturated heterocycles. The minimum Gasteiger partial charge on any atom is -0.494 e. The van der Waals surface area contributed by atoms with Gasteiger partial charge in [0.1, 0.15) is 23.4 Å². The maximum absolute atomic E-state index is 13.9. The Morgan fingerprint density at radius 3 is 2.37 bits per heavy atom. The van der Waals surface area contributed by atoms with Crippen LogP contribution in [-0.2, 0) is 14.4 Å². The van der Waals surface area contributed by atoms with E-state index >= 15 is 0 Å². The topological polar surface area (TPSA) is 101 Å². The number of hydrogen-bond donors (Lipinski definition) is 2. The molecule has 1 saturated carbocycles. The van der Waals surface area contributed by atoms with Crippen LogP contribution in [0.15, 0.2) is 72.9 Å². The number of ether oxygens (including phenoxy) is 1. The molecule has 2 N–H and O–H groups in total. The third-order valence-electron chi connectivity index (χ3n) is 7.07. The summed E-state index contributed by atoms with van der Waals surface area (Å²) in [6, 6.07) is 16.8. The molecule has 0 radical (unpaired) electrons. The van der Waals surface area contributed by atoms with E-state index in [9.17, 15) is 18.8 Å². The molecule has 0 aliphatic heterocycles.